The number of furan rings is 1. The molecule has 104 valence electrons. The highest BCUT2D eigenvalue weighted by Gasteiger charge is 2.14. The van der Waals surface area contributed by atoms with Crippen LogP contribution in [0.4, 0.5) is 0 Å². The zero-order chi connectivity index (χ0) is 13.8. The Bertz CT molecular complexity index is 557. The molecule has 0 aliphatic rings. The van der Waals surface area contributed by atoms with Gasteiger partial charge in [-0.1, -0.05) is 6.92 Å². The SMILES string of the molecule is CCCNCc1oc2cc(C)c(C)cc2c1COC. The summed E-state index contributed by atoms with van der Waals surface area (Å²) in [5, 5.41) is 4.57. The second kappa shape index (κ2) is 6.22. The third kappa shape index (κ3) is 2.99. The number of ether oxygens (including phenoxy) is 1. The van der Waals surface area contributed by atoms with Crippen LogP contribution in [0.1, 0.15) is 35.8 Å². The maximum Gasteiger partial charge on any atom is 0.135 e. The van der Waals surface area contributed by atoms with Crippen molar-refractivity contribution in [2.24, 2.45) is 0 Å². The predicted molar refractivity (Wildman–Crippen MR) is 78.4 cm³/mol. The lowest BCUT2D eigenvalue weighted by atomic mass is 10.0. The quantitative estimate of drug-likeness (QED) is 0.805. The lowest BCUT2D eigenvalue weighted by Crippen LogP contribution is -2.14. The summed E-state index contributed by atoms with van der Waals surface area (Å²) in [4.78, 5) is 0. The highest BCUT2D eigenvalue weighted by atomic mass is 16.5. The molecule has 0 amide bonds. The third-order valence-electron chi connectivity index (χ3n) is 3.49. The number of benzene rings is 1. The third-order valence-corrected chi connectivity index (χ3v) is 3.49. The van der Waals surface area contributed by atoms with Gasteiger partial charge in [-0.25, -0.2) is 0 Å². The van der Waals surface area contributed by atoms with Gasteiger partial charge in [0.15, 0.2) is 0 Å². The standard InChI is InChI=1S/C16H23NO2/c1-5-6-17-9-16-14(10-18-4)13-7-11(2)12(3)8-15(13)19-16/h7-8,17H,5-6,9-10H2,1-4H3. The van der Waals surface area contributed by atoms with Crippen LogP contribution in [0.15, 0.2) is 16.5 Å². The molecule has 2 rings (SSSR count). The van der Waals surface area contributed by atoms with Gasteiger partial charge in [0.1, 0.15) is 11.3 Å². The average molecular weight is 261 g/mol. The summed E-state index contributed by atoms with van der Waals surface area (Å²) < 4.78 is 11.3. The topological polar surface area (TPSA) is 34.4 Å². The molecule has 0 bridgehead atoms. The Hall–Kier alpha value is -1.32. The smallest absolute Gasteiger partial charge is 0.135 e. The van der Waals surface area contributed by atoms with Crippen molar-refractivity contribution in [2.45, 2.75) is 40.3 Å². The second-order valence-electron chi connectivity index (χ2n) is 5.05. The lowest BCUT2D eigenvalue weighted by molar-refractivity contribution is 0.183. The van der Waals surface area contributed by atoms with E-state index in [2.05, 4.69) is 38.2 Å². The molecule has 0 spiro atoms. The van der Waals surface area contributed by atoms with E-state index in [4.69, 9.17) is 9.15 Å². The number of fused-ring (bicyclic) bond motifs is 1. The van der Waals surface area contributed by atoms with Crippen molar-refractivity contribution in [3.8, 4) is 0 Å². The molecule has 0 atom stereocenters. The first-order valence-electron chi connectivity index (χ1n) is 6.88. The molecule has 0 radical (unpaired) electrons. The van der Waals surface area contributed by atoms with E-state index in [1.165, 1.54) is 22.1 Å². The maximum atomic E-state index is 5.99. The van der Waals surface area contributed by atoms with E-state index in [1.807, 2.05) is 0 Å². The molecule has 3 heteroatoms. The number of hydrogen-bond acceptors (Lipinski definition) is 3. The van der Waals surface area contributed by atoms with Crippen LogP contribution in [0.25, 0.3) is 11.0 Å². The van der Waals surface area contributed by atoms with Crippen LogP contribution in [0.3, 0.4) is 0 Å². The maximum absolute atomic E-state index is 5.99. The van der Waals surface area contributed by atoms with Gasteiger partial charge >= 0.3 is 0 Å². The molecule has 0 saturated carbocycles. The summed E-state index contributed by atoms with van der Waals surface area (Å²) in [5.41, 5.74) is 4.68. The highest BCUT2D eigenvalue weighted by Crippen LogP contribution is 2.29. The lowest BCUT2D eigenvalue weighted by Gasteiger charge is -2.04. The normalized spacial score (nSPS) is 11.4. The number of methoxy groups -OCH3 is 1. The Morgan fingerprint density at radius 3 is 2.63 bits per heavy atom. The summed E-state index contributed by atoms with van der Waals surface area (Å²) in [5.74, 6) is 0.996. The van der Waals surface area contributed by atoms with E-state index < -0.39 is 0 Å². The highest BCUT2D eigenvalue weighted by molar-refractivity contribution is 5.83. The largest absolute Gasteiger partial charge is 0.459 e. The van der Waals surface area contributed by atoms with Crippen molar-refractivity contribution in [1.82, 2.24) is 5.32 Å². The fraction of sp³-hybridized carbons (Fsp3) is 0.500. The molecule has 2 aromatic rings. The number of nitrogens with one attached hydrogen (secondary N) is 1. The fourth-order valence-electron chi connectivity index (χ4n) is 2.28. The van der Waals surface area contributed by atoms with Gasteiger partial charge in [-0.2, -0.15) is 0 Å². The molecule has 1 N–H and O–H groups in total. The van der Waals surface area contributed by atoms with Crippen LogP contribution in [0.2, 0.25) is 0 Å². The van der Waals surface area contributed by atoms with Gasteiger partial charge in [0.05, 0.1) is 13.2 Å². The van der Waals surface area contributed by atoms with Crippen LogP contribution < -0.4 is 5.32 Å². The minimum Gasteiger partial charge on any atom is -0.459 e. The van der Waals surface area contributed by atoms with Crippen molar-refractivity contribution < 1.29 is 9.15 Å². The van der Waals surface area contributed by atoms with Crippen molar-refractivity contribution >= 4 is 11.0 Å². The Morgan fingerprint density at radius 2 is 1.95 bits per heavy atom. The van der Waals surface area contributed by atoms with Gasteiger partial charge in [-0.3, -0.25) is 0 Å². The molecule has 0 saturated heterocycles. The van der Waals surface area contributed by atoms with Gasteiger partial charge in [-0.15, -0.1) is 0 Å². The van der Waals surface area contributed by atoms with Gasteiger partial charge in [0, 0.05) is 18.1 Å². The molecule has 0 aliphatic heterocycles. The molecule has 1 aromatic carbocycles. The van der Waals surface area contributed by atoms with E-state index in [9.17, 15) is 0 Å². The monoisotopic (exact) mass is 261 g/mol. The molecule has 19 heavy (non-hydrogen) atoms. The summed E-state index contributed by atoms with van der Waals surface area (Å²) in [6.07, 6.45) is 1.12. The minimum absolute atomic E-state index is 0.596. The number of aryl methyl sites for hydroxylation is 2. The van der Waals surface area contributed by atoms with Crippen LogP contribution >= 0.6 is 0 Å². The van der Waals surface area contributed by atoms with Crippen molar-refractivity contribution in [2.75, 3.05) is 13.7 Å². The summed E-state index contributed by atoms with van der Waals surface area (Å²) in [6.45, 7) is 8.77. The molecular weight excluding hydrogens is 238 g/mol. The van der Waals surface area contributed by atoms with E-state index in [-0.39, 0.29) is 0 Å². The van der Waals surface area contributed by atoms with Gasteiger partial charge in [-0.05, 0) is 50.1 Å². The minimum atomic E-state index is 0.596. The van der Waals surface area contributed by atoms with Gasteiger partial charge < -0.3 is 14.5 Å². The number of hydrogen-bond donors (Lipinski definition) is 1. The van der Waals surface area contributed by atoms with E-state index >= 15 is 0 Å². The Morgan fingerprint density at radius 1 is 1.21 bits per heavy atom. The summed E-state index contributed by atoms with van der Waals surface area (Å²) >= 11 is 0. The number of rotatable bonds is 6. The Balaban J connectivity index is 2.41. The van der Waals surface area contributed by atoms with Crippen molar-refractivity contribution in [3.63, 3.8) is 0 Å². The summed E-state index contributed by atoms with van der Waals surface area (Å²) in [7, 11) is 1.73. The molecule has 0 fully saturated rings. The molecule has 1 heterocycles. The van der Waals surface area contributed by atoms with E-state index in [0.29, 0.717) is 6.61 Å². The first-order chi connectivity index (χ1) is 9.17. The first-order valence-corrected chi connectivity index (χ1v) is 6.88. The Labute approximate surface area is 114 Å². The zero-order valence-corrected chi connectivity index (χ0v) is 12.3. The first kappa shape index (κ1) is 14.1. The van der Waals surface area contributed by atoms with Crippen molar-refractivity contribution in [1.29, 1.82) is 0 Å². The van der Waals surface area contributed by atoms with Gasteiger partial charge in [0.25, 0.3) is 0 Å². The second-order valence-corrected chi connectivity index (χ2v) is 5.05. The van der Waals surface area contributed by atoms with Crippen LogP contribution in [0.5, 0.6) is 0 Å². The zero-order valence-electron chi connectivity index (χ0n) is 12.3. The Kier molecular flexibility index (Phi) is 4.61. The molecular formula is C16H23NO2. The van der Waals surface area contributed by atoms with Crippen LogP contribution in [-0.2, 0) is 17.9 Å². The molecule has 0 aliphatic carbocycles. The molecule has 3 nitrogen and oxygen atoms in total. The molecule has 1 aromatic heterocycles. The summed E-state index contributed by atoms with van der Waals surface area (Å²) in [6, 6.07) is 4.32. The van der Waals surface area contributed by atoms with E-state index in [0.717, 1.165) is 30.9 Å². The van der Waals surface area contributed by atoms with Crippen LogP contribution in [0, 0.1) is 13.8 Å². The van der Waals surface area contributed by atoms with E-state index in [1.54, 1.807) is 7.11 Å². The van der Waals surface area contributed by atoms with Crippen molar-refractivity contribution in [3.05, 3.63) is 34.6 Å². The van der Waals surface area contributed by atoms with Gasteiger partial charge in [0.2, 0.25) is 0 Å². The van der Waals surface area contributed by atoms with Crippen LogP contribution in [-0.4, -0.2) is 13.7 Å². The fourth-order valence-corrected chi connectivity index (χ4v) is 2.28. The predicted octanol–water partition coefficient (Wildman–Crippen LogP) is 3.70. The average Bonchev–Trinajstić information content (AvgIpc) is 2.69. The molecule has 0 unspecified atom stereocenters.